The molecule has 1 aromatic heterocycles. The number of hydrogen-bond acceptors (Lipinski definition) is 3. The summed E-state index contributed by atoms with van der Waals surface area (Å²) in [6.45, 7) is 1.69. The largest absolute Gasteiger partial charge is 0.384 e. The number of aryl methyl sites for hydroxylation is 1. The lowest BCUT2D eigenvalue weighted by molar-refractivity contribution is 0.157. The molecule has 1 fully saturated rings. The van der Waals surface area contributed by atoms with E-state index < -0.39 is 10.0 Å². The van der Waals surface area contributed by atoms with Crippen LogP contribution in [0.4, 0.5) is 0 Å². The third-order valence-electron chi connectivity index (χ3n) is 3.51. The van der Waals surface area contributed by atoms with Crippen molar-refractivity contribution >= 4 is 21.6 Å². The fourth-order valence-corrected chi connectivity index (χ4v) is 4.28. The van der Waals surface area contributed by atoms with Gasteiger partial charge in [0.15, 0.2) is 0 Å². The Labute approximate surface area is 119 Å². The summed E-state index contributed by atoms with van der Waals surface area (Å²) >= 11 is 5.77. The molecule has 0 spiro atoms. The van der Waals surface area contributed by atoms with Gasteiger partial charge in [-0.05, 0) is 18.4 Å². The Balaban J connectivity index is 2.18. The number of ether oxygens (including phenoxy) is 1. The SMILES string of the molecule is COCC1CCN(S(=O)(=O)c2cc(CCl)n(C)c2)C1. The second-order valence-corrected chi connectivity index (χ2v) is 7.09. The van der Waals surface area contributed by atoms with Gasteiger partial charge in [-0.1, -0.05) is 0 Å². The van der Waals surface area contributed by atoms with Crippen LogP contribution in [0, 0.1) is 5.92 Å². The maximum absolute atomic E-state index is 12.5. The van der Waals surface area contributed by atoms with Crippen LogP contribution in [-0.4, -0.2) is 44.1 Å². The highest BCUT2D eigenvalue weighted by Crippen LogP contribution is 2.25. The molecule has 2 heterocycles. The van der Waals surface area contributed by atoms with Gasteiger partial charge >= 0.3 is 0 Å². The maximum atomic E-state index is 12.5. The lowest BCUT2D eigenvalue weighted by Crippen LogP contribution is -2.29. The number of nitrogens with zero attached hydrogens (tertiary/aromatic N) is 2. The van der Waals surface area contributed by atoms with Crippen molar-refractivity contribution in [2.45, 2.75) is 17.2 Å². The molecule has 0 aliphatic carbocycles. The molecule has 1 unspecified atom stereocenters. The van der Waals surface area contributed by atoms with Gasteiger partial charge in [-0.2, -0.15) is 4.31 Å². The molecule has 1 saturated heterocycles. The van der Waals surface area contributed by atoms with Crippen molar-refractivity contribution in [2.24, 2.45) is 13.0 Å². The molecular weight excluding hydrogens is 288 g/mol. The topological polar surface area (TPSA) is 51.5 Å². The molecule has 0 saturated carbocycles. The van der Waals surface area contributed by atoms with E-state index in [1.165, 1.54) is 4.31 Å². The normalized spacial score (nSPS) is 21.1. The van der Waals surface area contributed by atoms with Crippen molar-refractivity contribution in [1.29, 1.82) is 0 Å². The van der Waals surface area contributed by atoms with Crippen molar-refractivity contribution in [3.8, 4) is 0 Å². The molecule has 1 aliphatic heterocycles. The molecule has 0 bridgehead atoms. The Morgan fingerprint density at radius 1 is 1.53 bits per heavy atom. The fraction of sp³-hybridized carbons (Fsp3) is 0.667. The molecule has 5 nitrogen and oxygen atoms in total. The Hall–Kier alpha value is -0.560. The van der Waals surface area contributed by atoms with Gasteiger partial charge in [-0.25, -0.2) is 8.42 Å². The molecule has 1 aromatic rings. The van der Waals surface area contributed by atoms with E-state index in [-0.39, 0.29) is 5.92 Å². The van der Waals surface area contributed by atoms with E-state index in [0.29, 0.717) is 30.5 Å². The van der Waals surface area contributed by atoms with Crippen molar-refractivity contribution in [2.75, 3.05) is 26.8 Å². The quantitative estimate of drug-likeness (QED) is 0.773. The van der Waals surface area contributed by atoms with Gasteiger partial charge in [-0.3, -0.25) is 0 Å². The van der Waals surface area contributed by atoms with Crippen molar-refractivity contribution in [1.82, 2.24) is 8.87 Å². The summed E-state index contributed by atoms with van der Waals surface area (Å²) in [5, 5.41) is 0. The zero-order chi connectivity index (χ0) is 14.0. The van der Waals surface area contributed by atoms with E-state index in [2.05, 4.69) is 0 Å². The summed E-state index contributed by atoms with van der Waals surface area (Å²) in [7, 11) is 0.0366. The van der Waals surface area contributed by atoms with Crippen LogP contribution in [0.15, 0.2) is 17.2 Å². The number of hydrogen-bond donors (Lipinski definition) is 0. The number of alkyl halides is 1. The van der Waals surface area contributed by atoms with Crippen LogP contribution < -0.4 is 0 Å². The van der Waals surface area contributed by atoms with E-state index in [1.807, 2.05) is 0 Å². The smallest absolute Gasteiger partial charge is 0.244 e. The Morgan fingerprint density at radius 2 is 2.26 bits per heavy atom. The highest BCUT2D eigenvalue weighted by atomic mass is 35.5. The number of sulfonamides is 1. The Kier molecular flexibility index (Phi) is 4.55. The molecule has 1 aliphatic rings. The zero-order valence-electron chi connectivity index (χ0n) is 11.2. The highest BCUT2D eigenvalue weighted by Gasteiger charge is 2.33. The average Bonchev–Trinajstić information content (AvgIpc) is 2.96. The monoisotopic (exact) mass is 306 g/mol. The maximum Gasteiger partial charge on any atom is 0.244 e. The summed E-state index contributed by atoms with van der Waals surface area (Å²) in [5.74, 6) is 0.592. The van der Waals surface area contributed by atoms with Crippen molar-refractivity contribution in [3.63, 3.8) is 0 Å². The van der Waals surface area contributed by atoms with Gasteiger partial charge in [0.25, 0.3) is 0 Å². The minimum absolute atomic E-state index is 0.288. The zero-order valence-corrected chi connectivity index (χ0v) is 12.7. The van der Waals surface area contributed by atoms with Crippen LogP contribution in [0.1, 0.15) is 12.1 Å². The third-order valence-corrected chi connectivity index (χ3v) is 5.61. The summed E-state index contributed by atoms with van der Waals surface area (Å²) in [4.78, 5) is 0.323. The second-order valence-electron chi connectivity index (χ2n) is 4.88. The van der Waals surface area contributed by atoms with E-state index in [1.54, 1.807) is 31.0 Å². The van der Waals surface area contributed by atoms with E-state index in [0.717, 1.165) is 12.1 Å². The highest BCUT2D eigenvalue weighted by molar-refractivity contribution is 7.89. The van der Waals surface area contributed by atoms with Gasteiger partial charge in [0.05, 0.1) is 12.5 Å². The van der Waals surface area contributed by atoms with E-state index in [9.17, 15) is 8.42 Å². The van der Waals surface area contributed by atoms with E-state index >= 15 is 0 Å². The van der Waals surface area contributed by atoms with Gasteiger partial charge < -0.3 is 9.30 Å². The van der Waals surface area contributed by atoms with Gasteiger partial charge in [0.2, 0.25) is 10.0 Å². The van der Waals surface area contributed by atoms with Crippen LogP contribution in [0.3, 0.4) is 0 Å². The summed E-state index contributed by atoms with van der Waals surface area (Å²) in [6.07, 6.45) is 2.47. The second kappa shape index (κ2) is 5.83. The minimum Gasteiger partial charge on any atom is -0.384 e. The van der Waals surface area contributed by atoms with Gasteiger partial charge in [0, 0.05) is 39.1 Å². The fourth-order valence-electron chi connectivity index (χ4n) is 2.39. The molecule has 0 radical (unpaired) electrons. The molecule has 0 aromatic carbocycles. The lowest BCUT2D eigenvalue weighted by Gasteiger charge is -2.15. The Morgan fingerprint density at radius 3 is 2.84 bits per heavy atom. The molecule has 0 N–H and O–H groups in total. The average molecular weight is 307 g/mol. The van der Waals surface area contributed by atoms with Crippen molar-refractivity contribution < 1.29 is 13.2 Å². The predicted octanol–water partition coefficient (Wildman–Crippen LogP) is 1.42. The molecule has 19 heavy (non-hydrogen) atoms. The van der Waals surface area contributed by atoms with Crippen LogP contribution in [0.25, 0.3) is 0 Å². The number of aromatic nitrogens is 1. The molecular formula is C12H19ClN2O3S. The molecule has 1 atom stereocenters. The van der Waals surface area contributed by atoms with Crippen LogP contribution >= 0.6 is 11.6 Å². The summed E-state index contributed by atoms with van der Waals surface area (Å²) < 4.78 is 33.4. The summed E-state index contributed by atoms with van der Waals surface area (Å²) in [6, 6.07) is 1.64. The van der Waals surface area contributed by atoms with Crippen molar-refractivity contribution in [3.05, 3.63) is 18.0 Å². The molecule has 2 rings (SSSR count). The molecule has 108 valence electrons. The minimum atomic E-state index is -3.40. The first kappa shape index (κ1) is 14.8. The molecule has 7 heteroatoms. The van der Waals surface area contributed by atoms with Gasteiger partial charge in [0.1, 0.15) is 4.90 Å². The number of rotatable bonds is 5. The number of methoxy groups -OCH3 is 1. The third kappa shape index (κ3) is 2.97. The lowest BCUT2D eigenvalue weighted by atomic mass is 10.1. The standard InChI is InChI=1S/C12H19ClN2O3S/c1-14-8-12(5-11(14)6-13)19(16,17)15-4-3-10(7-15)9-18-2/h5,8,10H,3-4,6-7,9H2,1-2H3. The van der Waals surface area contributed by atoms with E-state index in [4.69, 9.17) is 16.3 Å². The number of halogens is 1. The molecule has 0 amide bonds. The first-order valence-electron chi connectivity index (χ1n) is 6.19. The Bertz CT molecular complexity index is 541. The predicted molar refractivity (Wildman–Crippen MR) is 73.7 cm³/mol. The van der Waals surface area contributed by atoms with Gasteiger partial charge in [-0.15, -0.1) is 11.6 Å². The van der Waals surface area contributed by atoms with Crippen LogP contribution in [-0.2, 0) is 27.7 Å². The summed E-state index contributed by atoms with van der Waals surface area (Å²) in [5.41, 5.74) is 0.799. The van der Waals surface area contributed by atoms with Crippen LogP contribution in [0.5, 0.6) is 0 Å². The van der Waals surface area contributed by atoms with Crippen LogP contribution in [0.2, 0.25) is 0 Å². The first-order chi connectivity index (χ1) is 8.98. The first-order valence-corrected chi connectivity index (χ1v) is 8.16.